The lowest BCUT2D eigenvalue weighted by Gasteiger charge is -2.34. The number of pyridine rings is 1. The smallest absolute Gasteiger partial charge is 0.163 e. The minimum Gasteiger partial charge on any atom is -0.369 e. The van der Waals surface area contributed by atoms with Gasteiger partial charge in [-0.15, -0.1) is 11.3 Å². The first-order valence-electron chi connectivity index (χ1n) is 8.95. The molecule has 0 spiro atoms. The third-order valence-electron chi connectivity index (χ3n) is 4.73. The van der Waals surface area contributed by atoms with Crippen LogP contribution in [0, 0.1) is 0 Å². The van der Waals surface area contributed by atoms with E-state index in [4.69, 9.17) is 14.7 Å². The summed E-state index contributed by atoms with van der Waals surface area (Å²) in [6.45, 7) is 2.28. The molecule has 134 valence electrons. The molecular formula is C21H18N4OS. The van der Waals surface area contributed by atoms with Crippen LogP contribution in [0.3, 0.4) is 0 Å². The quantitative estimate of drug-likeness (QED) is 0.534. The Balaban J connectivity index is 1.59. The summed E-state index contributed by atoms with van der Waals surface area (Å²) in [7, 11) is 0. The van der Waals surface area contributed by atoms with E-state index in [1.807, 2.05) is 36.5 Å². The Kier molecular flexibility index (Phi) is 4.27. The summed E-state index contributed by atoms with van der Waals surface area (Å²) in [5.74, 6) is 1.67. The molecule has 0 bridgehead atoms. The molecular weight excluding hydrogens is 356 g/mol. The number of rotatable bonds is 3. The van der Waals surface area contributed by atoms with E-state index in [0.29, 0.717) is 12.4 Å². The predicted molar refractivity (Wildman–Crippen MR) is 108 cm³/mol. The fourth-order valence-electron chi connectivity index (χ4n) is 3.41. The Hall–Kier alpha value is -2.83. The molecule has 1 aliphatic heterocycles. The third kappa shape index (κ3) is 3.18. The normalized spacial score (nSPS) is 17.3. The van der Waals surface area contributed by atoms with Crippen LogP contribution in [0.5, 0.6) is 0 Å². The van der Waals surface area contributed by atoms with Crippen molar-refractivity contribution in [3.05, 3.63) is 71.2 Å². The molecule has 1 aliphatic rings. The number of hydrogen-bond donors (Lipinski definition) is 0. The van der Waals surface area contributed by atoms with Crippen LogP contribution in [0.2, 0.25) is 0 Å². The number of aromatic nitrogens is 3. The maximum Gasteiger partial charge on any atom is 0.163 e. The van der Waals surface area contributed by atoms with Gasteiger partial charge >= 0.3 is 0 Å². The van der Waals surface area contributed by atoms with Crippen molar-refractivity contribution in [3.63, 3.8) is 0 Å². The van der Waals surface area contributed by atoms with Crippen molar-refractivity contribution < 1.29 is 4.74 Å². The molecule has 0 N–H and O–H groups in total. The molecule has 1 unspecified atom stereocenters. The summed E-state index contributed by atoms with van der Waals surface area (Å²) in [5, 5.41) is 3.16. The van der Waals surface area contributed by atoms with Gasteiger partial charge in [-0.1, -0.05) is 18.2 Å². The topological polar surface area (TPSA) is 51.1 Å². The number of morpholine rings is 1. The average molecular weight is 374 g/mol. The zero-order valence-electron chi connectivity index (χ0n) is 14.7. The molecule has 0 amide bonds. The zero-order chi connectivity index (χ0) is 18.1. The molecule has 1 fully saturated rings. The lowest BCUT2D eigenvalue weighted by Crippen LogP contribution is -2.38. The Labute approximate surface area is 161 Å². The van der Waals surface area contributed by atoms with E-state index in [-0.39, 0.29) is 6.10 Å². The summed E-state index contributed by atoms with van der Waals surface area (Å²) in [5.41, 5.74) is 1.87. The molecule has 5 nitrogen and oxygen atoms in total. The van der Waals surface area contributed by atoms with E-state index in [1.54, 1.807) is 17.5 Å². The van der Waals surface area contributed by atoms with E-state index in [0.717, 1.165) is 35.4 Å². The van der Waals surface area contributed by atoms with Crippen LogP contribution < -0.4 is 4.90 Å². The number of benzene rings is 1. The number of fused-ring (bicyclic) bond motifs is 1. The SMILES string of the molecule is c1cncc(-c2nc(N3CCOC(c4cccs4)C3)c3ccccc3n2)c1. The van der Waals surface area contributed by atoms with E-state index < -0.39 is 0 Å². The van der Waals surface area contributed by atoms with E-state index >= 15 is 0 Å². The molecule has 5 rings (SSSR count). The van der Waals surface area contributed by atoms with Gasteiger partial charge in [0.05, 0.1) is 18.7 Å². The van der Waals surface area contributed by atoms with Crippen LogP contribution >= 0.6 is 11.3 Å². The van der Waals surface area contributed by atoms with Gasteiger partial charge < -0.3 is 9.64 Å². The second-order valence-electron chi connectivity index (χ2n) is 6.45. The van der Waals surface area contributed by atoms with E-state index in [2.05, 4.69) is 33.5 Å². The van der Waals surface area contributed by atoms with Gasteiger partial charge in [-0.05, 0) is 35.7 Å². The van der Waals surface area contributed by atoms with Gasteiger partial charge in [0, 0.05) is 34.8 Å². The average Bonchev–Trinajstić information content (AvgIpc) is 3.29. The van der Waals surface area contributed by atoms with Crippen molar-refractivity contribution in [3.8, 4) is 11.4 Å². The Morgan fingerprint density at radius 3 is 2.85 bits per heavy atom. The first-order valence-corrected chi connectivity index (χ1v) is 9.83. The number of thiophene rings is 1. The van der Waals surface area contributed by atoms with Crippen LogP contribution in [0.4, 0.5) is 5.82 Å². The molecule has 3 aromatic heterocycles. The summed E-state index contributed by atoms with van der Waals surface area (Å²) in [6, 6.07) is 16.3. The molecule has 1 saturated heterocycles. The highest BCUT2D eigenvalue weighted by molar-refractivity contribution is 7.10. The molecule has 0 aliphatic carbocycles. The monoisotopic (exact) mass is 374 g/mol. The van der Waals surface area contributed by atoms with Gasteiger partial charge in [-0.3, -0.25) is 4.98 Å². The van der Waals surface area contributed by atoms with Crippen molar-refractivity contribution >= 4 is 28.1 Å². The highest BCUT2D eigenvalue weighted by Crippen LogP contribution is 2.32. The summed E-state index contributed by atoms with van der Waals surface area (Å²) >= 11 is 1.74. The first kappa shape index (κ1) is 16.4. The summed E-state index contributed by atoms with van der Waals surface area (Å²) < 4.78 is 6.02. The van der Waals surface area contributed by atoms with Gasteiger partial charge in [0.1, 0.15) is 11.9 Å². The van der Waals surface area contributed by atoms with Crippen LogP contribution in [0.1, 0.15) is 11.0 Å². The second-order valence-corrected chi connectivity index (χ2v) is 7.43. The van der Waals surface area contributed by atoms with E-state index in [9.17, 15) is 0 Å². The van der Waals surface area contributed by atoms with Crippen molar-refractivity contribution in [1.82, 2.24) is 15.0 Å². The van der Waals surface area contributed by atoms with Crippen molar-refractivity contribution in [2.45, 2.75) is 6.10 Å². The molecule has 4 aromatic rings. The maximum atomic E-state index is 6.02. The molecule has 0 radical (unpaired) electrons. The summed E-state index contributed by atoms with van der Waals surface area (Å²) in [4.78, 5) is 17.5. The standard InChI is InChI=1S/C21H18N4OS/c1-2-7-17-16(6-1)21(24-20(23-17)15-5-3-9-22-13-15)25-10-11-26-18(14-25)19-8-4-12-27-19/h1-9,12-13,18H,10-11,14H2. The highest BCUT2D eigenvalue weighted by Gasteiger charge is 2.25. The van der Waals surface area contributed by atoms with Gasteiger partial charge in [-0.2, -0.15) is 0 Å². The molecule has 6 heteroatoms. The maximum absolute atomic E-state index is 6.02. The second kappa shape index (κ2) is 7.06. The number of ether oxygens (including phenoxy) is 1. The van der Waals surface area contributed by atoms with E-state index in [1.165, 1.54) is 4.88 Å². The van der Waals surface area contributed by atoms with Gasteiger partial charge in [0.2, 0.25) is 0 Å². The van der Waals surface area contributed by atoms with Gasteiger partial charge in [0.15, 0.2) is 5.82 Å². The molecule has 1 aromatic carbocycles. The zero-order valence-corrected chi connectivity index (χ0v) is 15.5. The van der Waals surface area contributed by atoms with Crippen LogP contribution in [-0.2, 0) is 4.74 Å². The van der Waals surface area contributed by atoms with Crippen LogP contribution in [0.25, 0.3) is 22.3 Å². The van der Waals surface area contributed by atoms with Crippen molar-refractivity contribution in [2.24, 2.45) is 0 Å². The molecule has 4 heterocycles. The molecule has 27 heavy (non-hydrogen) atoms. The minimum absolute atomic E-state index is 0.0781. The lowest BCUT2D eigenvalue weighted by atomic mass is 10.1. The Morgan fingerprint density at radius 2 is 2.00 bits per heavy atom. The Bertz CT molecular complexity index is 1050. The molecule has 0 saturated carbocycles. The number of para-hydroxylation sites is 1. The third-order valence-corrected chi connectivity index (χ3v) is 5.69. The van der Waals surface area contributed by atoms with Crippen LogP contribution in [0.15, 0.2) is 66.3 Å². The number of hydrogen-bond acceptors (Lipinski definition) is 6. The largest absolute Gasteiger partial charge is 0.369 e. The highest BCUT2D eigenvalue weighted by atomic mass is 32.1. The molecule has 1 atom stereocenters. The minimum atomic E-state index is 0.0781. The number of anilines is 1. The fourth-order valence-corrected chi connectivity index (χ4v) is 4.18. The van der Waals surface area contributed by atoms with Gasteiger partial charge in [0.25, 0.3) is 0 Å². The van der Waals surface area contributed by atoms with Crippen molar-refractivity contribution in [2.75, 3.05) is 24.6 Å². The lowest BCUT2D eigenvalue weighted by molar-refractivity contribution is 0.0419. The summed E-state index contributed by atoms with van der Waals surface area (Å²) in [6.07, 6.45) is 3.65. The Morgan fingerprint density at radius 1 is 1.04 bits per heavy atom. The van der Waals surface area contributed by atoms with Gasteiger partial charge in [-0.25, -0.2) is 9.97 Å². The number of nitrogens with zero attached hydrogens (tertiary/aromatic N) is 4. The fraction of sp³-hybridized carbons (Fsp3) is 0.190. The van der Waals surface area contributed by atoms with Crippen LogP contribution in [-0.4, -0.2) is 34.6 Å². The predicted octanol–water partition coefficient (Wildman–Crippen LogP) is 4.33. The first-order chi connectivity index (χ1) is 13.4. The van der Waals surface area contributed by atoms with Crippen molar-refractivity contribution in [1.29, 1.82) is 0 Å².